The number of hydrogen-bond donors (Lipinski definition) is 0. The summed E-state index contributed by atoms with van der Waals surface area (Å²) in [5.41, 5.74) is 24.1. The minimum absolute atomic E-state index is 0.646. The molecular weight excluding hydrogens is 1720 g/mol. The topological polar surface area (TPSA) is 105 Å². The van der Waals surface area contributed by atoms with E-state index < -0.39 is 0 Å². The Kier molecular flexibility index (Phi) is 18.2. The summed E-state index contributed by atoms with van der Waals surface area (Å²) >= 11 is 3.72. The largest absolute Gasteiger partial charge is 0.455 e. The Bertz CT molecular complexity index is 10100. The van der Waals surface area contributed by atoms with Crippen LogP contribution in [0.2, 0.25) is 0 Å². The molecule has 0 saturated heterocycles. The summed E-state index contributed by atoms with van der Waals surface area (Å²) in [6.07, 6.45) is 0. The van der Waals surface area contributed by atoms with Crippen molar-refractivity contribution in [3.8, 4) is 85.0 Å². The molecule has 0 saturated carbocycles. The summed E-state index contributed by atoms with van der Waals surface area (Å²) in [7, 11) is 0. The quantitative estimate of drug-likeness (QED) is 0.133. The van der Waals surface area contributed by atoms with Crippen LogP contribution in [0.3, 0.4) is 0 Å². The van der Waals surface area contributed by atoms with Gasteiger partial charge in [0.15, 0.2) is 0 Å². The molecule has 0 aliphatic carbocycles. The lowest BCUT2D eigenvalue weighted by Gasteiger charge is -2.13. The maximum atomic E-state index is 6.51. The average molecular weight is 1800 g/mol. The molecule has 0 bridgehead atoms. The summed E-state index contributed by atoms with van der Waals surface area (Å²) in [4.78, 5) is 32.0. The van der Waals surface area contributed by atoms with Crippen LogP contribution in [0, 0.1) is 0 Å². The van der Waals surface area contributed by atoms with Crippen molar-refractivity contribution in [2.45, 2.75) is 0 Å². The van der Waals surface area contributed by atoms with Gasteiger partial charge in [-0.1, -0.05) is 364 Å². The molecule has 0 fully saturated rings. The summed E-state index contributed by atoms with van der Waals surface area (Å²) < 4.78 is 18.5. The number of rotatable bonds is 9. The third kappa shape index (κ3) is 12.7. The summed E-state index contributed by atoms with van der Waals surface area (Å²) in [5.74, 6) is 1.99. The van der Waals surface area contributed by atoms with Crippen LogP contribution in [-0.2, 0) is 0 Å². The number of nitrogens with zero attached hydrogens (tertiary/aromatic N) is 9. The van der Waals surface area contributed by atoms with Crippen molar-refractivity contribution in [2.24, 2.45) is 0 Å². The zero-order valence-corrected chi connectivity index (χ0v) is 75.7. The van der Waals surface area contributed by atoms with Gasteiger partial charge in [-0.2, -0.15) is 0 Å². The third-order valence-corrected chi connectivity index (χ3v) is 30.0. The molecule has 30 rings (SSSR count). The maximum Gasteiger partial charge on any atom is 0.235 e. The summed E-state index contributed by atoms with van der Waals surface area (Å²) in [6, 6.07) is 161. The Morgan fingerprint density at radius 3 is 1.13 bits per heavy atom. The van der Waals surface area contributed by atoms with Crippen LogP contribution < -0.4 is 0 Å². The molecule has 9 heterocycles. The van der Waals surface area contributed by atoms with Crippen LogP contribution >= 0.6 is 22.7 Å². The molecule has 21 aromatic carbocycles. The highest BCUT2D eigenvalue weighted by Crippen LogP contribution is 2.48. The van der Waals surface area contributed by atoms with Crippen LogP contribution in [0.15, 0.2) is 459 Å². The molecule has 0 spiro atoms. The smallest absolute Gasteiger partial charge is 0.235 e. The van der Waals surface area contributed by atoms with Gasteiger partial charge in [0.1, 0.15) is 11.2 Å². The number of aromatic nitrogens is 9. The lowest BCUT2D eigenvalue weighted by atomic mass is 9.97. The van der Waals surface area contributed by atoms with Crippen molar-refractivity contribution in [3.05, 3.63) is 455 Å². The Morgan fingerprint density at radius 2 is 0.558 bits per heavy atom. The van der Waals surface area contributed by atoms with E-state index in [9.17, 15) is 0 Å². The number of fused-ring (bicyclic) bond motifs is 27. The monoisotopic (exact) mass is 1790 g/mol. The number of furan rings is 1. The molecule has 0 unspecified atom stereocenters. The van der Waals surface area contributed by atoms with Crippen molar-refractivity contribution in [3.63, 3.8) is 0 Å². The molecule has 0 radical (unpaired) electrons. The van der Waals surface area contributed by atoms with E-state index in [0.29, 0.717) is 17.8 Å². The fourth-order valence-electron chi connectivity index (χ4n) is 21.3. The standard InChI is InChI=1S/C42H25N3O.2C42H25N3S/c1-2-13-27(14-3-1)39-34-25-24-26-12-4-5-15-28(26)40(34)44-42(43-39)45-35-21-8-6-17-33(35)38-30(18-11-22-36(38)45)32-20-10-19-31-29-16-7-9-23-37(29)46-41(31)32;1-2-12-27(13-3-1)39-35-24-21-26-11-4-5-14-29(26)40(35)44-42(43-39)45-36-19-8-6-15-31(36)32-23-22-28(25-37(32)45)30-17-10-18-34-33-16-7-9-20-38(33)46-41(30)34;1-2-11-27(12-3-1)40-33-21-18-26-10-4-5-13-30(26)41(33)44-42(43-40)45-36-16-8-6-14-31(36)34-24-28(19-22-37(34)45)29-20-23-39-35(25-29)32-15-7-9-17-38(32)46-39/h3*1-25H. The third-order valence-electron chi connectivity index (χ3n) is 27.6. The predicted octanol–water partition coefficient (Wildman–Crippen LogP) is 34.3. The van der Waals surface area contributed by atoms with E-state index in [4.69, 9.17) is 34.3 Å². The first-order chi connectivity index (χ1) is 68.4. The highest BCUT2D eigenvalue weighted by molar-refractivity contribution is 7.26. The van der Waals surface area contributed by atoms with Gasteiger partial charge < -0.3 is 4.42 Å². The molecule has 0 amide bonds. The second kappa shape index (κ2) is 31.9. The van der Waals surface area contributed by atoms with E-state index in [2.05, 4.69) is 444 Å². The molecule has 0 aliphatic heterocycles. The van der Waals surface area contributed by atoms with E-state index in [1.807, 2.05) is 46.9 Å². The highest BCUT2D eigenvalue weighted by atomic mass is 32.1. The van der Waals surface area contributed by atoms with Crippen molar-refractivity contribution in [1.29, 1.82) is 0 Å². The number of hydrogen-bond acceptors (Lipinski definition) is 9. The molecule has 9 aromatic heterocycles. The van der Waals surface area contributed by atoms with E-state index in [0.717, 1.165) is 165 Å². The van der Waals surface area contributed by atoms with Gasteiger partial charge in [0.05, 0.1) is 66.7 Å². The SMILES string of the molecule is c1ccc(-c2nc(-n3c4ccccc4c4c(-c5cccc6c5oc5ccccc56)cccc43)nc3c2ccc2ccccc23)cc1.c1ccc(-c2nc(-n3c4ccccc4c4cc(-c5ccc6sc7ccccc7c6c5)ccc43)nc3c2ccc2ccccc23)cc1.c1ccc(-c2nc(-n3c4ccccc4c4ccc(-c5cccc6c5sc5ccccc56)cc43)nc3c2ccc2ccccc23)cc1. The molecular formula is C126H75N9OS2. The van der Waals surface area contributed by atoms with Gasteiger partial charge >= 0.3 is 0 Å². The van der Waals surface area contributed by atoms with Gasteiger partial charge in [-0.3, -0.25) is 13.7 Å². The highest BCUT2D eigenvalue weighted by Gasteiger charge is 2.27. The van der Waals surface area contributed by atoms with Gasteiger partial charge in [-0.15, -0.1) is 22.7 Å². The number of benzene rings is 21. The van der Waals surface area contributed by atoms with Crippen LogP contribution in [0.1, 0.15) is 0 Å². The first-order valence-corrected chi connectivity index (χ1v) is 48.2. The first-order valence-electron chi connectivity index (χ1n) is 46.5. The molecule has 0 aliphatic rings. The zero-order valence-electron chi connectivity index (χ0n) is 74.1. The van der Waals surface area contributed by atoms with Gasteiger partial charge in [0.25, 0.3) is 0 Å². The average Bonchev–Trinajstić information content (AvgIpc) is 1.52. The first kappa shape index (κ1) is 78.7. The van der Waals surface area contributed by atoms with E-state index >= 15 is 0 Å². The minimum atomic E-state index is 0.646. The molecule has 0 atom stereocenters. The van der Waals surface area contributed by atoms with Gasteiger partial charge in [0, 0.05) is 138 Å². The van der Waals surface area contributed by atoms with E-state index in [1.54, 1.807) is 0 Å². The summed E-state index contributed by atoms with van der Waals surface area (Å²) in [6.45, 7) is 0. The van der Waals surface area contributed by atoms with Crippen LogP contribution in [0.5, 0.6) is 0 Å². The lowest BCUT2D eigenvalue weighted by molar-refractivity contribution is 0.670. The maximum absolute atomic E-state index is 6.51. The Balaban J connectivity index is 0.000000102. The molecule has 642 valence electrons. The predicted molar refractivity (Wildman–Crippen MR) is 580 cm³/mol. The molecule has 0 N–H and O–H groups in total. The normalized spacial score (nSPS) is 11.9. The molecule has 138 heavy (non-hydrogen) atoms. The Hall–Kier alpha value is -17.9. The number of para-hydroxylation sites is 5. The van der Waals surface area contributed by atoms with E-state index in [-0.39, 0.29) is 0 Å². The molecule has 30 aromatic rings. The fraction of sp³-hybridized carbons (Fsp3) is 0. The van der Waals surface area contributed by atoms with Crippen LogP contribution in [-0.4, -0.2) is 43.6 Å². The van der Waals surface area contributed by atoms with Crippen molar-refractivity contribution < 1.29 is 4.42 Å². The second-order valence-electron chi connectivity index (χ2n) is 35.4. The van der Waals surface area contributed by atoms with Crippen LogP contribution in [0.4, 0.5) is 0 Å². The van der Waals surface area contributed by atoms with Gasteiger partial charge in [-0.25, -0.2) is 29.9 Å². The van der Waals surface area contributed by atoms with Crippen LogP contribution in [0.25, 0.3) is 278 Å². The fourth-order valence-corrected chi connectivity index (χ4v) is 23.6. The molecule has 10 nitrogen and oxygen atoms in total. The van der Waals surface area contributed by atoms with Gasteiger partial charge in [0.2, 0.25) is 17.8 Å². The second-order valence-corrected chi connectivity index (χ2v) is 37.5. The van der Waals surface area contributed by atoms with Crippen molar-refractivity contribution in [1.82, 2.24) is 43.6 Å². The molecule has 12 heteroatoms. The Labute approximate surface area is 797 Å². The Morgan fingerprint density at radius 1 is 0.188 bits per heavy atom. The van der Waals surface area contributed by atoms with E-state index in [1.165, 1.54) is 94.9 Å². The van der Waals surface area contributed by atoms with Crippen molar-refractivity contribution in [2.75, 3.05) is 0 Å². The van der Waals surface area contributed by atoms with Gasteiger partial charge in [-0.05, 0) is 135 Å². The van der Waals surface area contributed by atoms with Crippen molar-refractivity contribution >= 4 is 215 Å². The minimum Gasteiger partial charge on any atom is -0.455 e. The zero-order chi connectivity index (χ0) is 90.6. The number of thiophene rings is 2. The lowest BCUT2D eigenvalue weighted by Crippen LogP contribution is -2.04. The summed E-state index contributed by atoms with van der Waals surface area (Å²) in [5, 5.41) is 24.5.